The van der Waals surface area contributed by atoms with Gasteiger partial charge in [0, 0.05) is 4.90 Å². The van der Waals surface area contributed by atoms with Gasteiger partial charge >= 0.3 is 0 Å². The number of benzene rings is 4. The SMILES string of the molecule is CCCCCCCCCCCC(C)c1ccc2cc(/C=C/c3cc4ccc(C(C)CCCCCCCCCCC)cc4cc3SC)c(C)cc2c1. The second-order valence-electron chi connectivity index (χ2n) is 15.9. The Balaban J connectivity index is 1.32. The van der Waals surface area contributed by atoms with Crippen molar-refractivity contribution >= 4 is 45.5 Å². The zero-order valence-electron chi connectivity index (χ0n) is 33.6. The standard InChI is InChI=1S/C50H72S/c1-7-9-11-13-15-17-19-21-23-25-39(3)42-27-30-45-34-44(41(5)33-48(45)35-42)29-32-47-37-46-31-28-43(36-49(46)38-50(47)51-6)40(4)26-24-22-20-18-16-14-12-10-8-2/h27-40H,7-26H2,1-6H3/b32-29+. The van der Waals surface area contributed by atoms with Crippen LogP contribution in [0.3, 0.4) is 0 Å². The average molecular weight is 705 g/mol. The molecule has 0 fully saturated rings. The van der Waals surface area contributed by atoms with E-state index in [-0.39, 0.29) is 0 Å². The third-order valence-corrected chi connectivity index (χ3v) is 12.3. The summed E-state index contributed by atoms with van der Waals surface area (Å²) in [5.41, 5.74) is 6.95. The molecule has 0 saturated carbocycles. The highest BCUT2D eigenvalue weighted by Gasteiger charge is 2.10. The molecule has 0 amide bonds. The summed E-state index contributed by atoms with van der Waals surface area (Å²) in [7, 11) is 0. The van der Waals surface area contributed by atoms with E-state index in [9.17, 15) is 0 Å². The molecule has 0 aromatic heterocycles. The fourth-order valence-corrected chi connectivity index (χ4v) is 8.50. The Morgan fingerprint density at radius 2 is 0.882 bits per heavy atom. The lowest BCUT2D eigenvalue weighted by Crippen LogP contribution is -1.95. The molecule has 278 valence electrons. The van der Waals surface area contributed by atoms with Crippen LogP contribution in [-0.4, -0.2) is 6.26 Å². The molecule has 0 aliphatic heterocycles. The van der Waals surface area contributed by atoms with Crippen LogP contribution in [0.15, 0.2) is 65.6 Å². The lowest BCUT2D eigenvalue weighted by atomic mass is 9.91. The molecule has 0 radical (unpaired) electrons. The van der Waals surface area contributed by atoms with Crippen LogP contribution in [0.25, 0.3) is 33.7 Å². The smallest absolute Gasteiger partial charge is 0.0148 e. The number of rotatable bonds is 25. The van der Waals surface area contributed by atoms with Gasteiger partial charge in [-0.05, 0) is 105 Å². The van der Waals surface area contributed by atoms with Gasteiger partial charge in [0.2, 0.25) is 0 Å². The Morgan fingerprint density at radius 1 is 0.471 bits per heavy atom. The van der Waals surface area contributed by atoms with Gasteiger partial charge in [-0.1, -0.05) is 198 Å². The normalized spacial score (nSPS) is 13.1. The molecule has 4 aromatic carbocycles. The number of unbranched alkanes of at least 4 members (excludes halogenated alkanes) is 16. The monoisotopic (exact) mass is 705 g/mol. The lowest BCUT2D eigenvalue weighted by Gasteiger charge is -2.14. The Bertz CT molecular complexity index is 1610. The Kier molecular flexibility index (Phi) is 18.8. The summed E-state index contributed by atoms with van der Waals surface area (Å²) in [4.78, 5) is 1.35. The predicted molar refractivity (Wildman–Crippen MR) is 234 cm³/mol. The zero-order valence-corrected chi connectivity index (χ0v) is 34.4. The van der Waals surface area contributed by atoms with Crippen molar-refractivity contribution in [2.75, 3.05) is 6.26 Å². The summed E-state index contributed by atoms with van der Waals surface area (Å²) in [6.45, 7) is 11.7. The van der Waals surface area contributed by atoms with E-state index in [0.29, 0.717) is 11.8 Å². The highest BCUT2D eigenvalue weighted by molar-refractivity contribution is 7.98. The van der Waals surface area contributed by atoms with Crippen LogP contribution in [0.4, 0.5) is 0 Å². The van der Waals surface area contributed by atoms with Crippen LogP contribution < -0.4 is 0 Å². The van der Waals surface area contributed by atoms with Crippen molar-refractivity contribution in [2.45, 2.75) is 180 Å². The van der Waals surface area contributed by atoms with Crippen molar-refractivity contribution in [2.24, 2.45) is 0 Å². The third kappa shape index (κ3) is 13.8. The summed E-state index contributed by atoms with van der Waals surface area (Å²) in [5.74, 6) is 1.24. The number of hydrogen-bond donors (Lipinski definition) is 0. The first-order chi connectivity index (χ1) is 24.9. The fourth-order valence-electron chi connectivity index (χ4n) is 7.90. The van der Waals surface area contributed by atoms with Crippen LogP contribution in [0.5, 0.6) is 0 Å². The van der Waals surface area contributed by atoms with Gasteiger partial charge in [-0.3, -0.25) is 0 Å². The van der Waals surface area contributed by atoms with Gasteiger partial charge in [-0.15, -0.1) is 11.8 Å². The number of fused-ring (bicyclic) bond motifs is 2. The van der Waals surface area contributed by atoms with Crippen LogP contribution >= 0.6 is 11.8 Å². The van der Waals surface area contributed by atoms with Crippen molar-refractivity contribution in [1.29, 1.82) is 0 Å². The van der Waals surface area contributed by atoms with Gasteiger partial charge in [0.15, 0.2) is 0 Å². The van der Waals surface area contributed by atoms with Crippen molar-refractivity contribution in [3.8, 4) is 0 Å². The first-order valence-corrected chi connectivity index (χ1v) is 22.5. The summed E-state index contributed by atoms with van der Waals surface area (Å²) >= 11 is 1.86. The van der Waals surface area contributed by atoms with Gasteiger partial charge < -0.3 is 0 Å². The van der Waals surface area contributed by atoms with Gasteiger partial charge in [-0.2, -0.15) is 0 Å². The van der Waals surface area contributed by atoms with Crippen LogP contribution in [0.1, 0.15) is 196 Å². The molecule has 0 aliphatic rings. The van der Waals surface area contributed by atoms with E-state index in [0.717, 1.165) is 0 Å². The van der Waals surface area contributed by atoms with E-state index in [2.05, 4.69) is 114 Å². The predicted octanol–water partition coefficient (Wildman–Crippen LogP) is 17.2. The maximum atomic E-state index is 2.46. The largest absolute Gasteiger partial charge is 0.129 e. The molecule has 1 heteroatoms. The van der Waals surface area contributed by atoms with Crippen LogP contribution in [0, 0.1) is 6.92 Å². The number of thioether (sulfide) groups is 1. The third-order valence-electron chi connectivity index (χ3n) is 11.5. The zero-order chi connectivity index (χ0) is 36.3. The average Bonchev–Trinajstić information content (AvgIpc) is 3.14. The molecule has 2 unspecified atom stereocenters. The molecular formula is C50H72S. The van der Waals surface area contributed by atoms with Gasteiger partial charge in [-0.25, -0.2) is 0 Å². The van der Waals surface area contributed by atoms with Gasteiger partial charge in [0.25, 0.3) is 0 Å². The topological polar surface area (TPSA) is 0 Å². The van der Waals surface area contributed by atoms with E-state index in [1.807, 2.05) is 11.8 Å². The van der Waals surface area contributed by atoms with Crippen LogP contribution in [0.2, 0.25) is 0 Å². The molecule has 4 aromatic rings. The molecule has 0 heterocycles. The van der Waals surface area contributed by atoms with E-state index >= 15 is 0 Å². The second kappa shape index (κ2) is 23.2. The maximum Gasteiger partial charge on any atom is 0.0148 e. The van der Waals surface area contributed by atoms with E-state index in [4.69, 9.17) is 0 Å². The first-order valence-electron chi connectivity index (χ1n) is 21.3. The van der Waals surface area contributed by atoms with E-state index < -0.39 is 0 Å². The minimum atomic E-state index is 0.617. The summed E-state index contributed by atoms with van der Waals surface area (Å²) in [5, 5.41) is 5.43. The Morgan fingerprint density at radius 3 is 1.35 bits per heavy atom. The molecule has 0 aliphatic carbocycles. The molecule has 0 nitrogen and oxygen atoms in total. The maximum absolute atomic E-state index is 2.46. The quantitative estimate of drug-likeness (QED) is 0.0376. The van der Waals surface area contributed by atoms with E-state index in [1.54, 1.807) is 0 Å². The molecule has 4 rings (SSSR count). The van der Waals surface area contributed by atoms with Gasteiger partial charge in [0.05, 0.1) is 0 Å². The van der Waals surface area contributed by atoms with E-state index in [1.165, 1.54) is 183 Å². The van der Waals surface area contributed by atoms with Crippen molar-refractivity contribution < 1.29 is 0 Å². The minimum Gasteiger partial charge on any atom is -0.129 e. The molecular weight excluding hydrogens is 633 g/mol. The summed E-state index contributed by atoms with van der Waals surface area (Å²) in [6.07, 6.45) is 34.7. The highest BCUT2D eigenvalue weighted by atomic mass is 32.2. The minimum absolute atomic E-state index is 0.617. The fraction of sp³-hybridized carbons (Fsp3) is 0.560. The number of aryl methyl sites for hydroxylation is 1. The molecule has 0 bridgehead atoms. The highest BCUT2D eigenvalue weighted by Crippen LogP contribution is 2.33. The first kappa shape index (κ1) is 41.2. The molecule has 51 heavy (non-hydrogen) atoms. The lowest BCUT2D eigenvalue weighted by molar-refractivity contribution is 0.539. The number of hydrogen-bond acceptors (Lipinski definition) is 1. The summed E-state index contributed by atoms with van der Waals surface area (Å²) in [6, 6.07) is 24.0. The molecule has 2 atom stereocenters. The van der Waals surface area contributed by atoms with Crippen molar-refractivity contribution in [3.63, 3.8) is 0 Å². The Labute approximate surface area is 318 Å². The van der Waals surface area contributed by atoms with Gasteiger partial charge in [0.1, 0.15) is 0 Å². The van der Waals surface area contributed by atoms with Crippen molar-refractivity contribution in [3.05, 3.63) is 88.5 Å². The molecule has 0 saturated heterocycles. The van der Waals surface area contributed by atoms with Crippen LogP contribution in [-0.2, 0) is 0 Å². The van der Waals surface area contributed by atoms with Crippen molar-refractivity contribution in [1.82, 2.24) is 0 Å². The Hall–Kier alpha value is -2.51. The second-order valence-corrected chi connectivity index (χ2v) is 16.7. The molecule has 0 spiro atoms. The summed E-state index contributed by atoms with van der Waals surface area (Å²) < 4.78 is 0. The molecule has 0 N–H and O–H groups in total.